The van der Waals surface area contributed by atoms with Crippen molar-refractivity contribution in [3.8, 4) is 28.2 Å². The molecule has 2 aliphatic rings. The third kappa shape index (κ3) is 2.41. The molecule has 0 fully saturated rings. The third-order valence-electron chi connectivity index (χ3n) is 4.12. The SMILES string of the molecule is O=c1ccc2c(-c3ccccc3C[Se])c3ccc(O)cc3oc-2c1. The summed E-state index contributed by atoms with van der Waals surface area (Å²) in [4.78, 5) is 11.7. The molecule has 0 unspecified atom stereocenters. The van der Waals surface area contributed by atoms with E-state index >= 15 is 0 Å². The molecule has 1 aliphatic heterocycles. The Morgan fingerprint density at radius 3 is 2.62 bits per heavy atom. The molecule has 4 heteroatoms. The molecule has 0 spiro atoms. The molecule has 1 aliphatic carbocycles. The van der Waals surface area contributed by atoms with E-state index in [4.69, 9.17) is 4.42 Å². The molecule has 1 radical (unpaired) electrons. The average Bonchev–Trinajstić information content (AvgIpc) is 2.59. The van der Waals surface area contributed by atoms with Crippen LogP contribution >= 0.6 is 0 Å². The first-order valence-corrected chi connectivity index (χ1v) is 8.74. The van der Waals surface area contributed by atoms with Crippen molar-refractivity contribution in [3.05, 3.63) is 76.5 Å². The summed E-state index contributed by atoms with van der Waals surface area (Å²) in [5.41, 5.74) is 4.61. The van der Waals surface area contributed by atoms with Gasteiger partial charge >= 0.3 is 146 Å². The molecular formula is C20H13O3Se. The van der Waals surface area contributed by atoms with Crippen molar-refractivity contribution in [3.63, 3.8) is 0 Å². The van der Waals surface area contributed by atoms with Crippen molar-refractivity contribution in [2.45, 2.75) is 5.32 Å². The van der Waals surface area contributed by atoms with E-state index < -0.39 is 0 Å². The van der Waals surface area contributed by atoms with Crippen LogP contribution in [0, 0.1) is 0 Å². The standard InChI is InChI=1S/C20H13O3Se/c21-13-5-7-16-18(9-13)23-19-10-14(22)6-8-17(19)20(16)15-4-2-1-3-12(15)11-24/h1-10,21H,11H2. The molecule has 2 aromatic carbocycles. The van der Waals surface area contributed by atoms with Crippen molar-refractivity contribution in [2.75, 3.05) is 0 Å². The van der Waals surface area contributed by atoms with Gasteiger partial charge in [0.15, 0.2) is 0 Å². The van der Waals surface area contributed by atoms with Crippen molar-refractivity contribution in [2.24, 2.45) is 0 Å². The van der Waals surface area contributed by atoms with Crippen LogP contribution in [0.25, 0.3) is 33.4 Å². The van der Waals surface area contributed by atoms with Crippen molar-refractivity contribution < 1.29 is 9.52 Å². The zero-order valence-electron chi connectivity index (χ0n) is 12.7. The number of hydrogen-bond donors (Lipinski definition) is 1. The van der Waals surface area contributed by atoms with Gasteiger partial charge in [0.25, 0.3) is 0 Å². The monoisotopic (exact) mass is 381 g/mol. The molecule has 0 saturated carbocycles. The van der Waals surface area contributed by atoms with Gasteiger partial charge in [-0.25, -0.2) is 0 Å². The van der Waals surface area contributed by atoms with E-state index in [1.807, 2.05) is 18.2 Å². The Kier molecular flexibility index (Phi) is 3.64. The molecule has 117 valence electrons. The Morgan fingerprint density at radius 2 is 1.79 bits per heavy atom. The van der Waals surface area contributed by atoms with Crippen LogP contribution in [0.3, 0.4) is 0 Å². The van der Waals surface area contributed by atoms with Gasteiger partial charge in [0.1, 0.15) is 0 Å². The third-order valence-corrected chi connectivity index (χ3v) is 4.77. The molecule has 24 heavy (non-hydrogen) atoms. The average molecular weight is 380 g/mol. The van der Waals surface area contributed by atoms with Gasteiger partial charge in [0, 0.05) is 0 Å². The first-order chi connectivity index (χ1) is 11.7. The number of fused-ring (bicyclic) bond motifs is 2. The van der Waals surface area contributed by atoms with Crippen molar-refractivity contribution in [1.29, 1.82) is 0 Å². The maximum atomic E-state index is 11.7. The summed E-state index contributed by atoms with van der Waals surface area (Å²) < 4.78 is 5.88. The zero-order chi connectivity index (χ0) is 16.7. The predicted octanol–water partition coefficient (Wildman–Crippen LogP) is 3.94. The summed E-state index contributed by atoms with van der Waals surface area (Å²) >= 11 is 3.07. The van der Waals surface area contributed by atoms with E-state index in [1.165, 1.54) is 11.6 Å². The number of phenols is 1. The molecule has 2 aromatic rings. The summed E-state index contributed by atoms with van der Waals surface area (Å²) in [6, 6.07) is 18.1. The van der Waals surface area contributed by atoms with Crippen LogP contribution in [-0.4, -0.2) is 21.1 Å². The first-order valence-electron chi connectivity index (χ1n) is 7.53. The minimum absolute atomic E-state index is 0.103. The Bertz CT molecular complexity index is 1080. The van der Waals surface area contributed by atoms with Gasteiger partial charge in [-0.3, -0.25) is 0 Å². The quantitative estimate of drug-likeness (QED) is 0.423. The fraction of sp³-hybridized carbons (Fsp3) is 0.0500. The van der Waals surface area contributed by atoms with Crippen molar-refractivity contribution in [1.82, 2.24) is 0 Å². The fourth-order valence-corrected chi connectivity index (χ4v) is 3.57. The first kappa shape index (κ1) is 15.0. The van der Waals surface area contributed by atoms with Crippen LogP contribution in [0.4, 0.5) is 0 Å². The van der Waals surface area contributed by atoms with Crippen LogP contribution in [0.15, 0.2) is 69.9 Å². The van der Waals surface area contributed by atoms with Gasteiger partial charge in [0.2, 0.25) is 0 Å². The maximum absolute atomic E-state index is 11.7. The Balaban J connectivity index is 2.21. The molecule has 0 bridgehead atoms. The molecule has 0 saturated heterocycles. The molecule has 1 N–H and O–H groups in total. The van der Waals surface area contributed by atoms with Crippen molar-refractivity contribution >= 4 is 27.0 Å². The Labute approximate surface area is 146 Å². The summed E-state index contributed by atoms with van der Waals surface area (Å²) in [5.74, 6) is 0.650. The Hall–Kier alpha value is -2.55. The van der Waals surface area contributed by atoms with Gasteiger partial charge in [-0.1, -0.05) is 0 Å². The number of hydrogen-bond acceptors (Lipinski definition) is 3. The molecule has 1 heterocycles. The minimum atomic E-state index is -0.103. The second-order valence-electron chi connectivity index (χ2n) is 5.62. The summed E-state index contributed by atoms with van der Waals surface area (Å²) in [5, 5.41) is 11.5. The van der Waals surface area contributed by atoms with Crippen LogP contribution in [0.5, 0.6) is 5.75 Å². The molecular weight excluding hydrogens is 367 g/mol. The molecule has 0 atom stereocenters. The number of benzene rings is 3. The van der Waals surface area contributed by atoms with Crippen LogP contribution in [-0.2, 0) is 5.32 Å². The number of aromatic hydroxyl groups is 1. The van der Waals surface area contributed by atoms with Gasteiger partial charge in [-0.05, 0) is 0 Å². The zero-order valence-corrected chi connectivity index (χ0v) is 14.4. The fourth-order valence-electron chi connectivity index (χ4n) is 3.04. The van der Waals surface area contributed by atoms with E-state index in [9.17, 15) is 9.90 Å². The van der Waals surface area contributed by atoms with E-state index in [2.05, 4.69) is 28.1 Å². The molecule has 4 rings (SSSR count). The molecule has 0 aromatic heterocycles. The van der Waals surface area contributed by atoms with Gasteiger partial charge in [-0.2, -0.15) is 0 Å². The predicted molar refractivity (Wildman–Crippen MR) is 95.7 cm³/mol. The summed E-state index contributed by atoms with van der Waals surface area (Å²) in [6.45, 7) is 0. The van der Waals surface area contributed by atoms with E-state index in [0.717, 1.165) is 27.4 Å². The van der Waals surface area contributed by atoms with Crippen LogP contribution < -0.4 is 5.43 Å². The van der Waals surface area contributed by atoms with E-state index in [1.54, 1.807) is 24.3 Å². The number of rotatable bonds is 2. The van der Waals surface area contributed by atoms with Crippen LogP contribution in [0.2, 0.25) is 0 Å². The topological polar surface area (TPSA) is 50.4 Å². The summed E-state index contributed by atoms with van der Waals surface area (Å²) in [6.07, 6.45) is 0. The summed E-state index contributed by atoms with van der Waals surface area (Å²) in [7, 11) is 0. The van der Waals surface area contributed by atoms with Gasteiger partial charge in [0.05, 0.1) is 0 Å². The van der Waals surface area contributed by atoms with Gasteiger partial charge < -0.3 is 0 Å². The molecule has 0 amide bonds. The van der Waals surface area contributed by atoms with E-state index in [0.29, 0.717) is 11.3 Å². The Morgan fingerprint density at radius 1 is 0.958 bits per heavy atom. The number of phenolic OH excluding ortho intramolecular Hbond substituents is 1. The second kappa shape index (κ2) is 5.82. The van der Waals surface area contributed by atoms with Gasteiger partial charge in [-0.15, -0.1) is 0 Å². The second-order valence-corrected chi connectivity index (χ2v) is 6.22. The van der Waals surface area contributed by atoms with Crippen LogP contribution in [0.1, 0.15) is 5.56 Å². The normalized spacial score (nSPS) is 11.2. The van der Waals surface area contributed by atoms with E-state index in [-0.39, 0.29) is 11.2 Å². The molecule has 3 nitrogen and oxygen atoms in total.